The van der Waals surface area contributed by atoms with Gasteiger partial charge in [-0.1, -0.05) is 48.0 Å². The number of pyridine rings is 1. The summed E-state index contributed by atoms with van der Waals surface area (Å²) in [6.45, 7) is 1.23. The molecule has 1 aliphatic heterocycles. The van der Waals surface area contributed by atoms with Crippen molar-refractivity contribution in [1.82, 2.24) is 20.2 Å². The van der Waals surface area contributed by atoms with Crippen LogP contribution in [0, 0.1) is 0 Å². The van der Waals surface area contributed by atoms with Gasteiger partial charge in [0.05, 0.1) is 10.7 Å². The maximum atomic E-state index is 13.6. The molecular formula is C27H26ClN5O2. The van der Waals surface area contributed by atoms with E-state index in [4.69, 9.17) is 11.6 Å². The number of nitrogens with one attached hydrogen (secondary N) is 3. The lowest BCUT2D eigenvalue weighted by Crippen LogP contribution is -2.48. The molecule has 3 N–H and O–H groups in total. The first-order valence-electron chi connectivity index (χ1n) is 11.7. The lowest BCUT2D eigenvalue weighted by molar-refractivity contribution is -0.134. The van der Waals surface area contributed by atoms with Crippen molar-refractivity contribution in [3.63, 3.8) is 0 Å². The zero-order chi connectivity index (χ0) is 24.2. The largest absolute Gasteiger partial charge is 0.381 e. The third-order valence-corrected chi connectivity index (χ3v) is 6.70. The van der Waals surface area contributed by atoms with Crippen molar-refractivity contribution in [2.24, 2.45) is 0 Å². The highest BCUT2D eigenvalue weighted by Gasteiger charge is 2.30. The fraction of sp³-hybridized carbons (Fsp3) is 0.222. The van der Waals surface area contributed by atoms with Crippen LogP contribution in [0.1, 0.15) is 34.8 Å². The summed E-state index contributed by atoms with van der Waals surface area (Å²) in [5.74, 6) is -0.415. The van der Waals surface area contributed by atoms with Crippen LogP contribution in [0.15, 0.2) is 79.3 Å². The first kappa shape index (κ1) is 22.9. The number of anilines is 1. The normalized spacial score (nSPS) is 15.1. The Balaban J connectivity index is 1.29. The molecule has 1 atom stereocenters. The fourth-order valence-electron chi connectivity index (χ4n) is 4.49. The van der Waals surface area contributed by atoms with Crippen LogP contribution in [0.4, 0.5) is 5.69 Å². The summed E-state index contributed by atoms with van der Waals surface area (Å²) in [6.07, 6.45) is 6.88. The molecule has 1 saturated heterocycles. The molecular weight excluding hydrogens is 462 g/mol. The van der Waals surface area contributed by atoms with E-state index in [9.17, 15) is 9.59 Å². The van der Waals surface area contributed by atoms with Gasteiger partial charge in [-0.2, -0.15) is 0 Å². The fourth-order valence-corrected chi connectivity index (χ4v) is 4.71. The van der Waals surface area contributed by atoms with Crippen molar-refractivity contribution in [2.45, 2.75) is 24.9 Å². The summed E-state index contributed by atoms with van der Waals surface area (Å²) >= 11 is 6.16. The van der Waals surface area contributed by atoms with Gasteiger partial charge >= 0.3 is 0 Å². The molecule has 3 heterocycles. The third kappa shape index (κ3) is 5.15. The van der Waals surface area contributed by atoms with Gasteiger partial charge in [0.2, 0.25) is 5.91 Å². The van der Waals surface area contributed by atoms with E-state index < -0.39 is 6.04 Å². The zero-order valence-corrected chi connectivity index (χ0v) is 19.8. The van der Waals surface area contributed by atoms with Crippen LogP contribution in [-0.4, -0.2) is 45.8 Å². The van der Waals surface area contributed by atoms with Crippen molar-refractivity contribution >= 4 is 40.0 Å². The molecule has 1 aliphatic rings. The molecule has 0 spiro atoms. The van der Waals surface area contributed by atoms with Gasteiger partial charge < -0.3 is 20.5 Å². The Bertz CT molecular complexity index is 1320. The number of amides is 2. The highest BCUT2D eigenvalue weighted by atomic mass is 35.5. The number of halogens is 1. The molecule has 0 bridgehead atoms. The second-order valence-corrected chi connectivity index (χ2v) is 9.11. The van der Waals surface area contributed by atoms with Gasteiger partial charge in [-0.15, -0.1) is 0 Å². The minimum absolute atomic E-state index is 0.103. The smallest absolute Gasteiger partial charge is 0.252 e. The second kappa shape index (κ2) is 10.2. The predicted octanol–water partition coefficient (Wildman–Crippen LogP) is 4.79. The number of H-pyrrole nitrogens is 1. The Kier molecular flexibility index (Phi) is 6.68. The monoisotopic (exact) mass is 487 g/mol. The van der Waals surface area contributed by atoms with E-state index in [-0.39, 0.29) is 17.9 Å². The quantitative estimate of drug-likeness (QED) is 0.364. The van der Waals surface area contributed by atoms with Gasteiger partial charge in [0.25, 0.3) is 5.91 Å². The van der Waals surface area contributed by atoms with Crippen LogP contribution in [0.2, 0.25) is 5.02 Å². The summed E-state index contributed by atoms with van der Waals surface area (Å²) in [5, 5.41) is 7.91. The summed E-state index contributed by atoms with van der Waals surface area (Å²) in [5.41, 5.74) is 2.97. The standard InChI is InChI=1S/C27H26ClN5O2/c28-23-17-30-24-15-19(8-9-22(23)24)26(34)32-25(18-5-2-1-3-6-18)27(35)33-13-10-20(11-14-33)31-21-7-4-12-29-16-21/h1-9,12,15-17,20,25,30-31H,10-11,13-14H2,(H,32,34)/t25-/m1/s1. The van der Waals surface area contributed by atoms with E-state index in [0.717, 1.165) is 35.0 Å². The number of benzene rings is 2. The molecule has 7 nitrogen and oxygen atoms in total. The Labute approximate surface area is 208 Å². The Morgan fingerprint density at radius 2 is 1.86 bits per heavy atom. The zero-order valence-electron chi connectivity index (χ0n) is 19.1. The van der Waals surface area contributed by atoms with Crippen LogP contribution < -0.4 is 10.6 Å². The predicted molar refractivity (Wildman–Crippen MR) is 137 cm³/mol. The molecule has 2 aromatic heterocycles. The molecule has 35 heavy (non-hydrogen) atoms. The lowest BCUT2D eigenvalue weighted by Gasteiger charge is -2.35. The number of carbonyl (C=O) groups excluding carboxylic acids is 2. The Hall–Kier alpha value is -3.84. The molecule has 8 heteroatoms. The first-order chi connectivity index (χ1) is 17.1. The molecule has 0 radical (unpaired) electrons. The molecule has 1 fully saturated rings. The van der Waals surface area contributed by atoms with Crippen molar-refractivity contribution in [1.29, 1.82) is 0 Å². The van der Waals surface area contributed by atoms with Crippen molar-refractivity contribution in [2.75, 3.05) is 18.4 Å². The topological polar surface area (TPSA) is 90.1 Å². The van der Waals surface area contributed by atoms with Gasteiger partial charge in [-0.05, 0) is 42.7 Å². The summed E-state index contributed by atoms with van der Waals surface area (Å²) in [4.78, 5) is 35.8. The third-order valence-electron chi connectivity index (χ3n) is 6.39. The van der Waals surface area contributed by atoms with Crippen molar-refractivity contribution < 1.29 is 9.59 Å². The SMILES string of the molecule is O=C(N[C@@H](C(=O)N1CCC(Nc2cccnc2)CC1)c1ccccc1)c1ccc2c(Cl)c[nH]c2c1. The minimum atomic E-state index is -0.769. The Morgan fingerprint density at radius 1 is 1.06 bits per heavy atom. The first-order valence-corrected chi connectivity index (χ1v) is 12.0. The maximum Gasteiger partial charge on any atom is 0.252 e. The van der Waals surface area contributed by atoms with Gasteiger partial charge in [-0.25, -0.2) is 0 Å². The van der Waals surface area contributed by atoms with Crippen molar-refractivity contribution in [3.8, 4) is 0 Å². The van der Waals surface area contributed by atoms with Crippen LogP contribution in [-0.2, 0) is 4.79 Å². The number of nitrogens with zero attached hydrogens (tertiary/aromatic N) is 2. The minimum Gasteiger partial charge on any atom is -0.381 e. The molecule has 0 unspecified atom stereocenters. The van der Waals surface area contributed by atoms with E-state index in [0.29, 0.717) is 23.7 Å². The summed E-state index contributed by atoms with van der Waals surface area (Å²) in [6, 6.07) is 18.0. The lowest BCUT2D eigenvalue weighted by atomic mass is 10.0. The maximum absolute atomic E-state index is 13.6. The molecule has 2 aromatic carbocycles. The number of hydrogen-bond acceptors (Lipinski definition) is 4. The molecule has 5 rings (SSSR count). The number of fused-ring (bicyclic) bond motifs is 1. The van der Waals surface area contributed by atoms with Gasteiger partial charge in [0, 0.05) is 54.2 Å². The number of hydrogen-bond donors (Lipinski definition) is 3. The summed E-state index contributed by atoms with van der Waals surface area (Å²) < 4.78 is 0. The molecule has 0 aliphatic carbocycles. The van der Waals surface area contributed by atoms with Crippen LogP contribution in [0.5, 0.6) is 0 Å². The number of piperidine rings is 1. The number of carbonyl (C=O) groups is 2. The van der Waals surface area contributed by atoms with Crippen LogP contribution >= 0.6 is 11.6 Å². The van der Waals surface area contributed by atoms with E-state index in [1.165, 1.54) is 0 Å². The highest BCUT2D eigenvalue weighted by Crippen LogP contribution is 2.25. The van der Waals surface area contributed by atoms with Gasteiger partial charge in [-0.3, -0.25) is 14.6 Å². The average molecular weight is 488 g/mol. The van der Waals surface area contributed by atoms with Crippen LogP contribution in [0.3, 0.4) is 0 Å². The van der Waals surface area contributed by atoms with E-state index in [1.807, 2.05) is 53.4 Å². The van der Waals surface area contributed by atoms with Gasteiger partial charge in [0.1, 0.15) is 6.04 Å². The van der Waals surface area contributed by atoms with Crippen molar-refractivity contribution in [3.05, 3.63) is 95.4 Å². The number of aromatic nitrogens is 2. The van der Waals surface area contributed by atoms with E-state index in [1.54, 1.807) is 30.7 Å². The molecule has 178 valence electrons. The number of aromatic amines is 1. The molecule has 4 aromatic rings. The average Bonchev–Trinajstić information content (AvgIpc) is 3.28. The second-order valence-electron chi connectivity index (χ2n) is 8.70. The molecule has 0 saturated carbocycles. The van der Waals surface area contributed by atoms with Crippen LogP contribution in [0.25, 0.3) is 10.9 Å². The summed E-state index contributed by atoms with van der Waals surface area (Å²) in [7, 11) is 0. The Morgan fingerprint density at radius 3 is 2.60 bits per heavy atom. The number of likely N-dealkylation sites (tertiary alicyclic amines) is 1. The van der Waals surface area contributed by atoms with E-state index in [2.05, 4.69) is 20.6 Å². The number of rotatable bonds is 6. The highest BCUT2D eigenvalue weighted by molar-refractivity contribution is 6.35. The molecule has 2 amide bonds. The van der Waals surface area contributed by atoms with Gasteiger partial charge in [0.15, 0.2) is 0 Å². The van der Waals surface area contributed by atoms with E-state index >= 15 is 0 Å².